The minimum absolute atomic E-state index is 0.00245. The smallest absolute Gasteiger partial charge is 0.161 e. The summed E-state index contributed by atoms with van der Waals surface area (Å²) in [6, 6.07) is 14.1. The molecule has 0 radical (unpaired) electrons. The molecule has 0 fully saturated rings. The summed E-state index contributed by atoms with van der Waals surface area (Å²) in [4.78, 5) is 4.32. The van der Waals surface area contributed by atoms with E-state index < -0.39 is 0 Å². The molecule has 0 aliphatic carbocycles. The summed E-state index contributed by atoms with van der Waals surface area (Å²) < 4.78 is 10.6. The van der Waals surface area contributed by atoms with Crippen LogP contribution in [0.3, 0.4) is 0 Å². The number of nitriles is 2. The maximum absolute atomic E-state index is 9.93. The number of benzene rings is 2. The fourth-order valence-electron chi connectivity index (χ4n) is 2.96. The molecule has 1 heterocycles. The van der Waals surface area contributed by atoms with E-state index in [4.69, 9.17) is 38.4 Å². The Morgan fingerprint density at radius 2 is 1.52 bits per heavy atom. The van der Waals surface area contributed by atoms with Gasteiger partial charge in [0.2, 0.25) is 0 Å². The summed E-state index contributed by atoms with van der Waals surface area (Å²) in [5.41, 5.74) is 8.10. The first-order valence-electron chi connectivity index (χ1n) is 8.26. The average Bonchev–Trinajstić information content (AvgIpc) is 2.74. The third kappa shape index (κ3) is 3.64. The average molecular weight is 425 g/mol. The van der Waals surface area contributed by atoms with Gasteiger partial charge in [-0.15, -0.1) is 0 Å². The first-order chi connectivity index (χ1) is 13.9. The lowest BCUT2D eigenvalue weighted by atomic mass is 9.92. The molecule has 0 saturated heterocycles. The minimum Gasteiger partial charge on any atom is -0.493 e. The summed E-state index contributed by atoms with van der Waals surface area (Å²) in [6.45, 7) is 0. The van der Waals surface area contributed by atoms with Crippen LogP contribution in [0.5, 0.6) is 11.5 Å². The van der Waals surface area contributed by atoms with Crippen LogP contribution in [-0.2, 0) is 0 Å². The summed E-state index contributed by atoms with van der Waals surface area (Å²) in [5, 5.41) is 20.2. The lowest BCUT2D eigenvalue weighted by Gasteiger charge is -2.15. The van der Waals surface area contributed by atoms with Crippen molar-refractivity contribution in [2.75, 3.05) is 20.0 Å². The number of nitrogen functional groups attached to an aromatic ring is 1. The van der Waals surface area contributed by atoms with Crippen LogP contribution in [0.15, 0.2) is 36.4 Å². The number of pyridine rings is 1. The molecule has 8 heteroatoms. The predicted molar refractivity (Wildman–Crippen MR) is 112 cm³/mol. The molecule has 2 N–H and O–H groups in total. The molecule has 29 heavy (non-hydrogen) atoms. The number of halogens is 2. The number of nitrogens with two attached hydrogens (primary N) is 1. The van der Waals surface area contributed by atoms with Crippen LogP contribution in [0.4, 0.5) is 5.82 Å². The number of hydrogen-bond donors (Lipinski definition) is 1. The van der Waals surface area contributed by atoms with E-state index in [1.165, 1.54) is 14.2 Å². The van der Waals surface area contributed by atoms with Gasteiger partial charge in [-0.1, -0.05) is 29.3 Å². The van der Waals surface area contributed by atoms with E-state index in [2.05, 4.69) is 11.1 Å². The van der Waals surface area contributed by atoms with Crippen molar-refractivity contribution < 1.29 is 9.47 Å². The van der Waals surface area contributed by atoms with Crippen molar-refractivity contribution in [3.63, 3.8) is 0 Å². The van der Waals surface area contributed by atoms with Crippen molar-refractivity contribution in [3.8, 4) is 46.0 Å². The topological polar surface area (TPSA) is 105 Å². The van der Waals surface area contributed by atoms with Crippen LogP contribution < -0.4 is 15.2 Å². The van der Waals surface area contributed by atoms with E-state index in [0.29, 0.717) is 43.9 Å². The van der Waals surface area contributed by atoms with Crippen molar-refractivity contribution in [1.29, 1.82) is 10.5 Å². The predicted octanol–water partition coefficient (Wildman–Crippen LogP) is 5.07. The van der Waals surface area contributed by atoms with Crippen molar-refractivity contribution >= 4 is 29.0 Å². The van der Waals surface area contributed by atoms with Gasteiger partial charge in [0.15, 0.2) is 11.5 Å². The molecule has 3 aromatic rings. The highest BCUT2D eigenvalue weighted by Gasteiger charge is 2.22. The quantitative estimate of drug-likeness (QED) is 0.626. The van der Waals surface area contributed by atoms with Crippen molar-refractivity contribution in [1.82, 2.24) is 4.98 Å². The maximum Gasteiger partial charge on any atom is 0.161 e. The normalized spacial score (nSPS) is 10.1. The van der Waals surface area contributed by atoms with Gasteiger partial charge in [-0.05, 0) is 35.9 Å². The molecule has 0 saturated carbocycles. The lowest BCUT2D eigenvalue weighted by Crippen LogP contribution is -2.04. The number of aromatic nitrogens is 1. The van der Waals surface area contributed by atoms with Crippen LogP contribution in [-0.4, -0.2) is 19.2 Å². The van der Waals surface area contributed by atoms with E-state index in [0.717, 1.165) is 0 Å². The highest BCUT2D eigenvalue weighted by Crippen LogP contribution is 2.39. The Labute approximate surface area is 177 Å². The Bertz CT molecular complexity index is 1200. The molecule has 1 aromatic heterocycles. The Kier molecular flexibility index (Phi) is 5.79. The van der Waals surface area contributed by atoms with E-state index >= 15 is 0 Å². The van der Waals surface area contributed by atoms with Gasteiger partial charge >= 0.3 is 0 Å². The molecular weight excluding hydrogens is 411 g/mol. The number of ether oxygens (including phenoxy) is 2. The molecule has 3 rings (SSSR count). The van der Waals surface area contributed by atoms with E-state index in [1.807, 2.05) is 6.07 Å². The monoisotopic (exact) mass is 424 g/mol. The fraction of sp³-hybridized carbons (Fsp3) is 0.0952. The van der Waals surface area contributed by atoms with Gasteiger partial charge in [0.1, 0.15) is 23.5 Å². The molecular formula is C21H14Cl2N4O2. The zero-order chi connectivity index (χ0) is 21.1. The van der Waals surface area contributed by atoms with E-state index in [1.54, 1.807) is 36.4 Å². The third-order valence-corrected chi connectivity index (χ3v) is 5.05. The van der Waals surface area contributed by atoms with Crippen LogP contribution in [0.2, 0.25) is 10.0 Å². The molecule has 2 aromatic carbocycles. The van der Waals surface area contributed by atoms with Crippen LogP contribution in [0.1, 0.15) is 11.1 Å². The summed E-state index contributed by atoms with van der Waals surface area (Å²) in [6.07, 6.45) is 0. The second kappa shape index (κ2) is 8.28. The number of anilines is 1. The molecule has 0 spiro atoms. The minimum atomic E-state index is -0.00245. The maximum atomic E-state index is 9.93. The highest BCUT2D eigenvalue weighted by molar-refractivity contribution is 6.42. The van der Waals surface area contributed by atoms with Gasteiger partial charge in [-0.3, -0.25) is 0 Å². The third-order valence-electron chi connectivity index (χ3n) is 4.31. The van der Waals surface area contributed by atoms with Gasteiger partial charge in [0.25, 0.3) is 0 Å². The Balaban J connectivity index is 2.37. The van der Waals surface area contributed by atoms with Crippen LogP contribution >= 0.6 is 23.2 Å². The molecule has 0 atom stereocenters. The zero-order valence-corrected chi connectivity index (χ0v) is 17.0. The molecule has 144 valence electrons. The standard InChI is InChI=1S/C21H14Cl2N4O2/c1-28-17-6-4-12(8-18(17)29-2)20-13(9-24)19(14(10-25)21(26)27-20)11-3-5-15(22)16(23)7-11/h3-8H,1-2H3,(H2,26,27). The van der Waals surface area contributed by atoms with Gasteiger partial charge in [-0.25, -0.2) is 4.98 Å². The fourth-order valence-corrected chi connectivity index (χ4v) is 3.26. The highest BCUT2D eigenvalue weighted by atomic mass is 35.5. The first-order valence-corrected chi connectivity index (χ1v) is 9.02. The van der Waals surface area contributed by atoms with Gasteiger partial charge in [-0.2, -0.15) is 10.5 Å². The number of rotatable bonds is 4. The first kappa shape index (κ1) is 20.3. The largest absolute Gasteiger partial charge is 0.493 e. The number of methoxy groups -OCH3 is 2. The Morgan fingerprint density at radius 3 is 2.10 bits per heavy atom. The molecule has 0 aliphatic rings. The molecule has 0 bridgehead atoms. The number of hydrogen-bond acceptors (Lipinski definition) is 6. The molecule has 0 unspecified atom stereocenters. The van der Waals surface area contributed by atoms with Gasteiger partial charge < -0.3 is 15.2 Å². The second-order valence-electron chi connectivity index (χ2n) is 5.89. The Morgan fingerprint density at radius 1 is 0.862 bits per heavy atom. The van der Waals surface area contributed by atoms with Gasteiger partial charge in [0.05, 0.1) is 35.5 Å². The lowest BCUT2D eigenvalue weighted by molar-refractivity contribution is 0.355. The number of nitrogens with zero attached hydrogens (tertiary/aromatic N) is 3. The Hall–Kier alpha value is -3.45. The van der Waals surface area contributed by atoms with E-state index in [9.17, 15) is 10.5 Å². The van der Waals surface area contributed by atoms with E-state index in [-0.39, 0.29) is 16.9 Å². The molecule has 0 aliphatic heterocycles. The van der Waals surface area contributed by atoms with Crippen molar-refractivity contribution in [2.45, 2.75) is 0 Å². The molecule has 0 amide bonds. The SMILES string of the molecule is COc1ccc(-c2nc(N)c(C#N)c(-c3ccc(Cl)c(Cl)c3)c2C#N)cc1OC. The summed E-state index contributed by atoms with van der Waals surface area (Å²) >= 11 is 12.2. The van der Waals surface area contributed by atoms with Crippen LogP contribution in [0, 0.1) is 22.7 Å². The van der Waals surface area contributed by atoms with Crippen LogP contribution in [0.25, 0.3) is 22.4 Å². The summed E-state index contributed by atoms with van der Waals surface area (Å²) in [7, 11) is 3.03. The molecule has 6 nitrogen and oxygen atoms in total. The van der Waals surface area contributed by atoms with Gasteiger partial charge in [0, 0.05) is 11.1 Å². The van der Waals surface area contributed by atoms with Crippen molar-refractivity contribution in [2.24, 2.45) is 0 Å². The summed E-state index contributed by atoms with van der Waals surface area (Å²) in [5.74, 6) is 0.994. The van der Waals surface area contributed by atoms with Crippen molar-refractivity contribution in [3.05, 3.63) is 57.6 Å². The second-order valence-corrected chi connectivity index (χ2v) is 6.71. The zero-order valence-electron chi connectivity index (χ0n) is 15.5.